The molecule has 0 fully saturated rings. The molecule has 0 heterocycles. The van der Waals surface area contributed by atoms with Crippen LogP contribution in [0.5, 0.6) is 5.75 Å². The summed E-state index contributed by atoms with van der Waals surface area (Å²) in [5.41, 5.74) is 1.33. The van der Waals surface area contributed by atoms with E-state index in [9.17, 15) is 13.6 Å². The van der Waals surface area contributed by atoms with Gasteiger partial charge in [-0.15, -0.1) is 11.8 Å². The van der Waals surface area contributed by atoms with Crippen molar-refractivity contribution in [3.63, 3.8) is 0 Å². The van der Waals surface area contributed by atoms with Gasteiger partial charge in [0.15, 0.2) is 5.76 Å². The molecule has 6 heteroatoms. The van der Waals surface area contributed by atoms with Crippen molar-refractivity contribution < 1.29 is 23.8 Å². The second-order valence-electron chi connectivity index (χ2n) is 6.07. The first-order chi connectivity index (χ1) is 13.2. The van der Waals surface area contributed by atoms with Gasteiger partial charge in [-0.3, -0.25) is 4.79 Å². The largest absolute Gasteiger partial charge is 0.507 e. The lowest BCUT2D eigenvalue weighted by atomic mass is 10.1. The fourth-order valence-electron chi connectivity index (χ4n) is 2.14. The highest BCUT2D eigenvalue weighted by molar-refractivity contribution is 7.98. The quantitative estimate of drug-likeness (QED) is 0.567. The Balaban J connectivity index is 0.000000210. The highest BCUT2D eigenvalue weighted by atomic mass is 32.2. The van der Waals surface area contributed by atoms with Crippen molar-refractivity contribution in [1.29, 1.82) is 0 Å². The number of halogens is 2. The van der Waals surface area contributed by atoms with E-state index < -0.39 is 11.6 Å². The van der Waals surface area contributed by atoms with Gasteiger partial charge in [0.1, 0.15) is 17.4 Å². The molecule has 1 aliphatic carbocycles. The number of ketones is 1. The van der Waals surface area contributed by atoms with E-state index in [1.165, 1.54) is 25.1 Å². The minimum Gasteiger partial charge on any atom is -0.507 e. The van der Waals surface area contributed by atoms with Crippen LogP contribution in [-0.2, 0) is 4.79 Å². The van der Waals surface area contributed by atoms with E-state index in [1.54, 1.807) is 37.8 Å². The summed E-state index contributed by atoms with van der Waals surface area (Å²) in [7, 11) is 0. The van der Waals surface area contributed by atoms with E-state index in [0.29, 0.717) is 23.3 Å². The van der Waals surface area contributed by atoms with Crippen LogP contribution in [0, 0.1) is 25.5 Å². The zero-order chi connectivity index (χ0) is 21.3. The number of para-hydroxylation sites is 1. The summed E-state index contributed by atoms with van der Waals surface area (Å²) in [5, 5.41) is 17.9. The van der Waals surface area contributed by atoms with Crippen molar-refractivity contribution in [2.24, 2.45) is 0 Å². The van der Waals surface area contributed by atoms with Crippen LogP contribution in [0.2, 0.25) is 0 Å². The van der Waals surface area contributed by atoms with Crippen LogP contribution in [0.3, 0.4) is 0 Å². The lowest BCUT2D eigenvalue weighted by molar-refractivity contribution is -0.114. The third kappa shape index (κ3) is 7.19. The second-order valence-corrected chi connectivity index (χ2v) is 6.91. The van der Waals surface area contributed by atoms with Crippen molar-refractivity contribution in [3.8, 4) is 5.75 Å². The first-order valence-corrected chi connectivity index (χ1v) is 9.74. The number of carbonyl (C=O) groups excluding carboxylic acids is 1. The molecule has 0 atom stereocenters. The Morgan fingerprint density at radius 2 is 1.54 bits per heavy atom. The molecule has 1 aliphatic rings. The molecule has 0 unspecified atom stereocenters. The molecule has 0 bridgehead atoms. The van der Waals surface area contributed by atoms with Gasteiger partial charge in [0.05, 0.1) is 0 Å². The molecule has 3 nitrogen and oxygen atoms in total. The number of thioether (sulfide) groups is 1. The normalized spacial score (nSPS) is 12.7. The monoisotopic (exact) mass is 406 g/mol. The molecule has 3 rings (SSSR count). The number of benzene rings is 2. The number of hydrogen-bond acceptors (Lipinski definition) is 4. The Morgan fingerprint density at radius 3 is 1.96 bits per heavy atom. The molecule has 0 saturated heterocycles. The van der Waals surface area contributed by atoms with Crippen molar-refractivity contribution in [3.05, 3.63) is 82.6 Å². The highest BCUT2D eigenvalue weighted by Gasteiger charge is 2.11. The van der Waals surface area contributed by atoms with E-state index in [4.69, 9.17) is 10.2 Å². The second kappa shape index (κ2) is 11.3. The van der Waals surface area contributed by atoms with Gasteiger partial charge >= 0.3 is 0 Å². The zero-order valence-corrected chi connectivity index (χ0v) is 17.1. The number of aryl methyl sites for hydroxylation is 1. The number of phenols is 1. The summed E-state index contributed by atoms with van der Waals surface area (Å²) in [6.45, 7) is 4.78. The predicted molar refractivity (Wildman–Crippen MR) is 110 cm³/mol. The van der Waals surface area contributed by atoms with Gasteiger partial charge in [0.25, 0.3) is 0 Å². The number of phenolic OH excluding ortho intramolecular Hbond substituents is 1. The molecule has 0 aliphatic heterocycles. The summed E-state index contributed by atoms with van der Waals surface area (Å²) in [6, 6.07) is 9.93. The molecule has 0 aromatic heterocycles. The molecule has 150 valence electrons. The molecular weight excluding hydrogens is 382 g/mol. The lowest BCUT2D eigenvalue weighted by Gasteiger charge is -2.03. The summed E-state index contributed by atoms with van der Waals surface area (Å²) in [5.74, 6) is -0.948. The number of hydrogen-bond donors (Lipinski definition) is 2. The average molecular weight is 406 g/mol. The van der Waals surface area contributed by atoms with Crippen molar-refractivity contribution >= 4 is 17.5 Å². The number of aliphatic hydroxyl groups excluding tert-OH is 1. The zero-order valence-electron chi connectivity index (χ0n) is 16.3. The smallest absolute Gasteiger partial charge is 0.222 e. The van der Waals surface area contributed by atoms with E-state index in [0.717, 1.165) is 4.90 Å². The SMILES string of the molecule is CC1=CCC=C(O)C1=O.CSc1ccccc1O.Cc1cc(F)c(C)c(F)c1. The summed E-state index contributed by atoms with van der Waals surface area (Å²) in [6.07, 6.45) is 5.91. The van der Waals surface area contributed by atoms with Crippen molar-refractivity contribution in [1.82, 2.24) is 0 Å². The van der Waals surface area contributed by atoms with Crippen LogP contribution in [0.25, 0.3) is 0 Å². The number of carbonyl (C=O) groups is 1. The maximum atomic E-state index is 12.6. The highest BCUT2D eigenvalue weighted by Crippen LogP contribution is 2.24. The van der Waals surface area contributed by atoms with Gasteiger partial charge in [0, 0.05) is 10.5 Å². The van der Waals surface area contributed by atoms with Crippen LogP contribution in [-0.4, -0.2) is 22.3 Å². The first kappa shape index (κ1) is 23.4. The number of Topliss-reactive ketones (excluding diaryl/α,β-unsaturated/α-hetero) is 1. The van der Waals surface area contributed by atoms with E-state index >= 15 is 0 Å². The van der Waals surface area contributed by atoms with Crippen LogP contribution in [0.4, 0.5) is 8.78 Å². The van der Waals surface area contributed by atoms with Crippen molar-refractivity contribution in [2.45, 2.75) is 32.1 Å². The third-order valence-corrected chi connectivity index (χ3v) is 4.62. The Labute approximate surface area is 168 Å². The maximum absolute atomic E-state index is 12.6. The Hall–Kier alpha value is -2.60. The van der Waals surface area contributed by atoms with Gasteiger partial charge in [0.2, 0.25) is 5.78 Å². The minimum absolute atomic E-state index is 0.0885. The predicted octanol–water partition coefficient (Wildman–Crippen LogP) is 6.04. The third-order valence-electron chi connectivity index (χ3n) is 3.84. The van der Waals surface area contributed by atoms with Crippen LogP contribution in [0.1, 0.15) is 24.5 Å². The van der Waals surface area contributed by atoms with Gasteiger partial charge in [-0.2, -0.15) is 0 Å². The molecule has 0 saturated carbocycles. The van der Waals surface area contributed by atoms with Crippen LogP contribution >= 0.6 is 11.8 Å². The topological polar surface area (TPSA) is 57.5 Å². The number of rotatable bonds is 1. The Kier molecular flexibility index (Phi) is 9.45. The van der Waals surface area contributed by atoms with Gasteiger partial charge in [-0.25, -0.2) is 8.78 Å². The summed E-state index contributed by atoms with van der Waals surface area (Å²) >= 11 is 1.55. The summed E-state index contributed by atoms with van der Waals surface area (Å²) in [4.78, 5) is 11.7. The number of allylic oxidation sites excluding steroid dienone is 3. The minimum atomic E-state index is -0.475. The van der Waals surface area contributed by atoms with E-state index in [2.05, 4.69) is 0 Å². The maximum Gasteiger partial charge on any atom is 0.222 e. The molecule has 0 amide bonds. The molecule has 0 radical (unpaired) electrons. The molecule has 2 aromatic carbocycles. The van der Waals surface area contributed by atoms with Crippen LogP contribution in [0.15, 0.2) is 64.8 Å². The number of aromatic hydroxyl groups is 1. The Bertz CT molecular complexity index is 846. The molecule has 28 heavy (non-hydrogen) atoms. The van der Waals surface area contributed by atoms with E-state index in [-0.39, 0.29) is 17.1 Å². The molecule has 0 spiro atoms. The molecule has 2 N–H and O–H groups in total. The van der Waals surface area contributed by atoms with Gasteiger partial charge in [-0.05, 0) is 74.9 Å². The number of aliphatic hydroxyl groups is 1. The molecular formula is C22H24F2O3S. The fraction of sp³-hybridized carbons (Fsp3) is 0.227. The average Bonchev–Trinajstić information content (AvgIpc) is 2.65. The van der Waals surface area contributed by atoms with Gasteiger partial charge in [-0.1, -0.05) is 18.2 Å². The van der Waals surface area contributed by atoms with E-state index in [1.807, 2.05) is 24.5 Å². The fourth-order valence-corrected chi connectivity index (χ4v) is 2.63. The lowest BCUT2D eigenvalue weighted by Crippen LogP contribution is -2.06. The summed E-state index contributed by atoms with van der Waals surface area (Å²) < 4.78 is 25.2. The molecule has 2 aromatic rings. The standard InChI is InChI=1S/C8H8F2.C7H8O2.C7H8OS/c1-5-3-7(9)6(2)8(10)4-5;1-5-3-2-4-6(8)7(5)9;1-9-7-5-3-2-4-6(7)8/h3-4H,1-2H3;3-4,8H,2H2,1H3;2-5,8H,1H3. The Morgan fingerprint density at radius 1 is 0.964 bits per heavy atom. The van der Waals surface area contributed by atoms with Gasteiger partial charge < -0.3 is 10.2 Å². The van der Waals surface area contributed by atoms with Crippen LogP contribution < -0.4 is 0 Å². The van der Waals surface area contributed by atoms with Crippen molar-refractivity contribution in [2.75, 3.05) is 6.26 Å². The first-order valence-electron chi connectivity index (χ1n) is 8.52.